The van der Waals surface area contributed by atoms with Crippen molar-refractivity contribution in [1.82, 2.24) is 19.3 Å². The molecule has 1 saturated heterocycles. The fourth-order valence-corrected chi connectivity index (χ4v) is 4.85. The Balaban J connectivity index is 1.60. The molecule has 1 aromatic heterocycles. The van der Waals surface area contributed by atoms with Crippen molar-refractivity contribution in [2.45, 2.75) is 31.4 Å². The summed E-state index contributed by atoms with van der Waals surface area (Å²) < 4.78 is 40.0. The first-order valence-electron chi connectivity index (χ1n) is 10.3. The maximum atomic E-state index is 13.1. The largest absolute Gasteiger partial charge is 0.489 e. The number of ether oxygens (including phenoxy) is 2. The van der Waals surface area contributed by atoms with Crippen molar-refractivity contribution in [3.63, 3.8) is 0 Å². The van der Waals surface area contributed by atoms with Crippen LogP contribution in [0.15, 0.2) is 47.4 Å². The standard InChI is InChI=1S/C21H25N5O5S/c1-15(2)31-20-8-7-16(32(28,29)25-9-11-30-12-10-25)13-18(20)22-21(27)14-26-19-6-4-3-5-17(19)23-24-26/h3-8,13,15H,9-12,14H2,1-2H3,(H,22,27). The van der Waals surface area contributed by atoms with Crippen molar-refractivity contribution in [2.24, 2.45) is 0 Å². The van der Waals surface area contributed by atoms with Crippen LogP contribution in [0.1, 0.15) is 13.8 Å². The molecule has 32 heavy (non-hydrogen) atoms. The first-order valence-corrected chi connectivity index (χ1v) is 11.8. The van der Waals surface area contributed by atoms with Crippen molar-refractivity contribution in [1.29, 1.82) is 0 Å². The number of fused-ring (bicyclic) bond motifs is 1. The lowest BCUT2D eigenvalue weighted by Crippen LogP contribution is -2.40. The zero-order valence-electron chi connectivity index (χ0n) is 17.9. The minimum Gasteiger partial charge on any atom is -0.489 e. The van der Waals surface area contributed by atoms with E-state index >= 15 is 0 Å². The molecule has 2 heterocycles. The van der Waals surface area contributed by atoms with Crippen LogP contribution in [0.5, 0.6) is 5.75 Å². The first-order chi connectivity index (χ1) is 15.3. The molecular weight excluding hydrogens is 434 g/mol. The van der Waals surface area contributed by atoms with Crippen LogP contribution in [0.4, 0.5) is 5.69 Å². The van der Waals surface area contributed by atoms with E-state index in [0.717, 1.165) is 5.52 Å². The van der Waals surface area contributed by atoms with Gasteiger partial charge in [-0.2, -0.15) is 4.31 Å². The van der Waals surface area contributed by atoms with Gasteiger partial charge in [0.15, 0.2) is 0 Å². The first kappa shape index (κ1) is 22.2. The fourth-order valence-electron chi connectivity index (χ4n) is 3.42. The average Bonchev–Trinajstić information content (AvgIpc) is 3.18. The molecule has 0 unspecified atom stereocenters. The molecule has 1 N–H and O–H groups in total. The van der Waals surface area contributed by atoms with Gasteiger partial charge < -0.3 is 14.8 Å². The Hall–Kier alpha value is -3.02. The number of sulfonamides is 1. The quantitative estimate of drug-likeness (QED) is 0.573. The van der Waals surface area contributed by atoms with Crippen LogP contribution in [0.3, 0.4) is 0 Å². The van der Waals surface area contributed by atoms with Crippen LogP contribution >= 0.6 is 0 Å². The highest BCUT2D eigenvalue weighted by Crippen LogP contribution is 2.30. The lowest BCUT2D eigenvalue weighted by molar-refractivity contribution is -0.116. The predicted octanol–water partition coefficient (Wildman–Crippen LogP) is 1.88. The monoisotopic (exact) mass is 459 g/mol. The third-order valence-electron chi connectivity index (χ3n) is 4.91. The third kappa shape index (κ3) is 4.74. The van der Waals surface area contributed by atoms with Gasteiger partial charge in [-0.3, -0.25) is 4.79 Å². The molecular formula is C21H25N5O5S. The second kappa shape index (κ2) is 9.23. The van der Waals surface area contributed by atoms with E-state index < -0.39 is 10.0 Å². The van der Waals surface area contributed by atoms with E-state index in [2.05, 4.69) is 15.6 Å². The number of hydrogen-bond acceptors (Lipinski definition) is 7. The molecule has 0 radical (unpaired) electrons. The normalized spacial score (nSPS) is 15.2. The Morgan fingerprint density at radius 3 is 2.69 bits per heavy atom. The number of para-hydroxylation sites is 1. The molecule has 1 aliphatic heterocycles. The van der Waals surface area contributed by atoms with E-state index in [1.807, 2.05) is 38.1 Å². The van der Waals surface area contributed by atoms with Crippen molar-refractivity contribution >= 4 is 32.7 Å². The fraction of sp³-hybridized carbons (Fsp3) is 0.381. The second-order valence-corrected chi connectivity index (χ2v) is 9.56. The number of nitrogens with one attached hydrogen (secondary N) is 1. The SMILES string of the molecule is CC(C)Oc1ccc(S(=O)(=O)N2CCOCC2)cc1NC(=O)Cn1nnc2ccccc21. The second-order valence-electron chi connectivity index (χ2n) is 7.63. The molecule has 4 rings (SSSR count). The van der Waals surface area contributed by atoms with Gasteiger partial charge in [0.25, 0.3) is 0 Å². The summed E-state index contributed by atoms with van der Waals surface area (Å²) in [5.74, 6) is 0.00732. The summed E-state index contributed by atoms with van der Waals surface area (Å²) in [5.41, 5.74) is 1.69. The van der Waals surface area contributed by atoms with E-state index in [0.29, 0.717) is 24.5 Å². The van der Waals surface area contributed by atoms with Gasteiger partial charge in [0, 0.05) is 13.1 Å². The Morgan fingerprint density at radius 2 is 1.94 bits per heavy atom. The summed E-state index contributed by atoms with van der Waals surface area (Å²) in [5, 5.41) is 10.8. The molecule has 0 atom stereocenters. The molecule has 10 nitrogen and oxygen atoms in total. The van der Waals surface area contributed by atoms with Crippen LogP contribution in [0, 0.1) is 0 Å². The number of anilines is 1. The van der Waals surface area contributed by atoms with E-state index in [1.165, 1.54) is 21.1 Å². The minimum atomic E-state index is -3.73. The van der Waals surface area contributed by atoms with Gasteiger partial charge in [0.1, 0.15) is 17.8 Å². The van der Waals surface area contributed by atoms with Crippen molar-refractivity contribution < 1.29 is 22.7 Å². The van der Waals surface area contributed by atoms with Crippen molar-refractivity contribution in [3.8, 4) is 5.75 Å². The van der Waals surface area contributed by atoms with Crippen LogP contribution in [0.25, 0.3) is 11.0 Å². The highest BCUT2D eigenvalue weighted by atomic mass is 32.2. The topological polar surface area (TPSA) is 116 Å². The number of carbonyl (C=O) groups is 1. The van der Waals surface area contributed by atoms with E-state index in [1.54, 1.807) is 6.07 Å². The third-order valence-corrected chi connectivity index (χ3v) is 6.80. The number of nitrogens with zero attached hydrogens (tertiary/aromatic N) is 4. The molecule has 1 fully saturated rings. The molecule has 11 heteroatoms. The molecule has 0 spiro atoms. The van der Waals surface area contributed by atoms with E-state index in [4.69, 9.17) is 9.47 Å². The summed E-state index contributed by atoms with van der Waals surface area (Å²) in [6.45, 7) is 4.90. The van der Waals surface area contributed by atoms with Gasteiger partial charge >= 0.3 is 0 Å². The number of carbonyl (C=O) groups excluding carboxylic acids is 1. The maximum Gasteiger partial charge on any atom is 0.246 e. The minimum absolute atomic E-state index is 0.0806. The zero-order valence-corrected chi connectivity index (χ0v) is 18.7. The van der Waals surface area contributed by atoms with Gasteiger partial charge in [0.2, 0.25) is 15.9 Å². The molecule has 1 aliphatic rings. The summed E-state index contributed by atoms with van der Waals surface area (Å²) in [6, 6.07) is 11.8. The highest BCUT2D eigenvalue weighted by Gasteiger charge is 2.27. The van der Waals surface area contributed by atoms with Gasteiger partial charge in [-0.05, 0) is 44.2 Å². The Kier molecular flexibility index (Phi) is 6.40. The highest BCUT2D eigenvalue weighted by molar-refractivity contribution is 7.89. The number of benzene rings is 2. The molecule has 170 valence electrons. The molecule has 0 aliphatic carbocycles. The number of rotatable bonds is 7. The molecule has 0 bridgehead atoms. The maximum absolute atomic E-state index is 13.1. The smallest absolute Gasteiger partial charge is 0.246 e. The van der Waals surface area contributed by atoms with Crippen LogP contribution < -0.4 is 10.1 Å². The summed E-state index contributed by atoms with van der Waals surface area (Å²) in [4.78, 5) is 12.9. The van der Waals surface area contributed by atoms with E-state index in [9.17, 15) is 13.2 Å². The van der Waals surface area contributed by atoms with Crippen LogP contribution in [-0.2, 0) is 26.1 Å². The van der Waals surface area contributed by atoms with Crippen LogP contribution in [-0.4, -0.2) is 66.0 Å². The zero-order chi connectivity index (χ0) is 22.7. The van der Waals surface area contributed by atoms with Crippen LogP contribution in [0.2, 0.25) is 0 Å². The van der Waals surface area contributed by atoms with Gasteiger partial charge in [-0.1, -0.05) is 17.3 Å². The number of hydrogen-bond donors (Lipinski definition) is 1. The lowest BCUT2D eigenvalue weighted by atomic mass is 10.2. The van der Waals surface area contributed by atoms with Crippen molar-refractivity contribution in [2.75, 3.05) is 31.6 Å². The molecule has 2 aromatic carbocycles. The molecule has 1 amide bonds. The Bertz CT molecular complexity index is 1220. The molecule has 0 saturated carbocycles. The summed E-state index contributed by atoms with van der Waals surface area (Å²) in [7, 11) is -3.73. The molecule has 3 aromatic rings. The lowest BCUT2D eigenvalue weighted by Gasteiger charge is -2.26. The number of amides is 1. The van der Waals surface area contributed by atoms with E-state index in [-0.39, 0.29) is 42.2 Å². The summed E-state index contributed by atoms with van der Waals surface area (Å²) >= 11 is 0. The Labute approximate surface area is 186 Å². The number of morpholine rings is 1. The predicted molar refractivity (Wildman–Crippen MR) is 118 cm³/mol. The van der Waals surface area contributed by atoms with Gasteiger partial charge in [-0.15, -0.1) is 5.10 Å². The van der Waals surface area contributed by atoms with Crippen molar-refractivity contribution in [3.05, 3.63) is 42.5 Å². The van der Waals surface area contributed by atoms with Gasteiger partial charge in [0.05, 0.1) is 35.4 Å². The summed E-state index contributed by atoms with van der Waals surface area (Å²) in [6.07, 6.45) is -0.161. The average molecular weight is 460 g/mol. The number of aromatic nitrogens is 3. The Morgan fingerprint density at radius 1 is 1.19 bits per heavy atom. The van der Waals surface area contributed by atoms with Gasteiger partial charge in [-0.25, -0.2) is 13.1 Å².